The third kappa shape index (κ3) is 4.33. The Morgan fingerprint density at radius 2 is 2.07 bits per heavy atom. The molecule has 27 heavy (non-hydrogen) atoms. The third-order valence-corrected chi connectivity index (χ3v) is 4.67. The fourth-order valence-corrected chi connectivity index (χ4v) is 3.23. The number of carbonyl (C=O) groups excluding carboxylic acids is 3. The van der Waals surface area contributed by atoms with Gasteiger partial charge in [0.1, 0.15) is 0 Å². The number of aromatic nitrogens is 2. The van der Waals surface area contributed by atoms with Crippen molar-refractivity contribution < 1.29 is 14.4 Å². The fourth-order valence-electron chi connectivity index (χ4n) is 3.23. The van der Waals surface area contributed by atoms with Gasteiger partial charge in [-0.25, -0.2) is 4.68 Å². The zero-order valence-corrected chi connectivity index (χ0v) is 15.2. The Balaban J connectivity index is 1.82. The van der Waals surface area contributed by atoms with Crippen molar-refractivity contribution in [1.82, 2.24) is 20.0 Å². The van der Waals surface area contributed by atoms with Crippen molar-refractivity contribution in [3.8, 4) is 5.69 Å². The maximum absolute atomic E-state index is 13.1. The van der Waals surface area contributed by atoms with Gasteiger partial charge in [0.25, 0.3) is 5.91 Å². The molecule has 1 atom stereocenters. The summed E-state index contributed by atoms with van der Waals surface area (Å²) in [5.41, 5.74) is 7.41. The van der Waals surface area contributed by atoms with Crippen LogP contribution in [0.2, 0.25) is 0 Å². The van der Waals surface area contributed by atoms with E-state index in [1.165, 1.54) is 6.92 Å². The Morgan fingerprint density at radius 3 is 2.81 bits per heavy atom. The van der Waals surface area contributed by atoms with E-state index in [4.69, 9.17) is 5.73 Å². The summed E-state index contributed by atoms with van der Waals surface area (Å²) in [5.74, 6) is -0.929. The maximum Gasteiger partial charge on any atom is 0.256 e. The molecule has 3 N–H and O–H groups in total. The van der Waals surface area contributed by atoms with Gasteiger partial charge in [-0.3, -0.25) is 14.4 Å². The van der Waals surface area contributed by atoms with Crippen LogP contribution in [-0.2, 0) is 16.1 Å². The molecule has 142 valence electrons. The molecule has 1 fully saturated rings. The molecule has 0 bridgehead atoms. The molecule has 2 aromatic rings. The number of para-hydroxylation sites is 1. The van der Waals surface area contributed by atoms with Crippen LogP contribution < -0.4 is 11.1 Å². The Hall–Kier alpha value is -3.16. The smallest absolute Gasteiger partial charge is 0.256 e. The van der Waals surface area contributed by atoms with Crippen LogP contribution in [0.3, 0.4) is 0 Å². The van der Waals surface area contributed by atoms with Crippen molar-refractivity contribution in [2.75, 3.05) is 13.1 Å². The molecule has 0 saturated carbocycles. The van der Waals surface area contributed by atoms with Crippen molar-refractivity contribution >= 4 is 17.7 Å². The Morgan fingerprint density at radius 1 is 1.30 bits per heavy atom. The minimum atomic E-state index is -0.365. The van der Waals surface area contributed by atoms with Crippen molar-refractivity contribution in [1.29, 1.82) is 0 Å². The van der Waals surface area contributed by atoms with Gasteiger partial charge in [-0.2, -0.15) is 5.10 Å². The molecule has 0 radical (unpaired) electrons. The lowest BCUT2D eigenvalue weighted by atomic mass is 9.96. The van der Waals surface area contributed by atoms with E-state index in [0.717, 1.165) is 12.0 Å². The number of amides is 3. The van der Waals surface area contributed by atoms with Crippen LogP contribution >= 0.6 is 0 Å². The second-order valence-electron chi connectivity index (χ2n) is 6.71. The van der Waals surface area contributed by atoms with Crippen molar-refractivity contribution in [2.24, 2.45) is 11.7 Å². The normalized spacial score (nSPS) is 16.8. The molecule has 1 aromatic carbocycles. The minimum absolute atomic E-state index is 0.118. The number of nitrogens with one attached hydrogen (secondary N) is 1. The van der Waals surface area contributed by atoms with Crippen LogP contribution in [0.1, 0.15) is 35.7 Å². The molecule has 0 aliphatic carbocycles. The lowest BCUT2D eigenvalue weighted by Gasteiger charge is -2.31. The molecule has 0 spiro atoms. The molecule has 1 aliphatic rings. The summed E-state index contributed by atoms with van der Waals surface area (Å²) in [5, 5.41) is 7.04. The Kier molecular flexibility index (Phi) is 5.54. The maximum atomic E-state index is 13.1. The highest BCUT2D eigenvalue weighted by Gasteiger charge is 2.28. The van der Waals surface area contributed by atoms with Crippen molar-refractivity contribution in [3.05, 3.63) is 47.8 Å². The van der Waals surface area contributed by atoms with E-state index >= 15 is 0 Å². The van der Waals surface area contributed by atoms with Crippen LogP contribution in [-0.4, -0.2) is 45.5 Å². The van der Waals surface area contributed by atoms with E-state index in [2.05, 4.69) is 10.4 Å². The highest BCUT2D eigenvalue weighted by molar-refractivity contribution is 5.98. The standard InChI is InChI=1S/C19H23N5O3/c1-13(25)21-9-14-10-22-24(11-14)17-7-3-2-6-16(17)19(27)23-8-4-5-15(12-23)18(20)26/h2-3,6-7,10-11,15H,4-5,8-9,12H2,1H3,(H2,20,26)(H,21,25)/t15-/m1/s1. The van der Waals surface area contributed by atoms with E-state index in [1.54, 1.807) is 34.1 Å². The highest BCUT2D eigenvalue weighted by Crippen LogP contribution is 2.22. The van der Waals surface area contributed by atoms with Gasteiger partial charge in [0.05, 0.1) is 23.4 Å². The molecular formula is C19H23N5O3. The van der Waals surface area contributed by atoms with Gasteiger partial charge >= 0.3 is 0 Å². The fraction of sp³-hybridized carbons (Fsp3) is 0.368. The third-order valence-electron chi connectivity index (χ3n) is 4.67. The molecule has 1 aromatic heterocycles. The zero-order chi connectivity index (χ0) is 19.4. The van der Waals surface area contributed by atoms with Crippen LogP contribution in [0, 0.1) is 5.92 Å². The molecule has 1 aliphatic heterocycles. The lowest BCUT2D eigenvalue weighted by Crippen LogP contribution is -2.44. The van der Waals surface area contributed by atoms with Gasteiger partial charge in [0.15, 0.2) is 0 Å². The van der Waals surface area contributed by atoms with Crippen molar-refractivity contribution in [3.63, 3.8) is 0 Å². The van der Waals surface area contributed by atoms with E-state index < -0.39 is 0 Å². The summed E-state index contributed by atoms with van der Waals surface area (Å²) in [6, 6.07) is 7.20. The quantitative estimate of drug-likeness (QED) is 0.814. The number of primary amides is 1. The predicted molar refractivity (Wildman–Crippen MR) is 98.9 cm³/mol. The lowest BCUT2D eigenvalue weighted by molar-refractivity contribution is -0.123. The number of hydrogen-bond donors (Lipinski definition) is 2. The molecule has 8 heteroatoms. The molecule has 0 unspecified atom stereocenters. The zero-order valence-electron chi connectivity index (χ0n) is 15.2. The van der Waals surface area contributed by atoms with E-state index in [1.807, 2.05) is 12.1 Å². The van der Waals surface area contributed by atoms with Gasteiger partial charge < -0.3 is 16.0 Å². The van der Waals surface area contributed by atoms with Gasteiger partial charge in [-0.05, 0) is 25.0 Å². The number of piperidine rings is 1. The molecule has 8 nitrogen and oxygen atoms in total. The Labute approximate surface area is 157 Å². The second kappa shape index (κ2) is 8.03. The van der Waals surface area contributed by atoms with Crippen LogP contribution in [0.4, 0.5) is 0 Å². The predicted octanol–water partition coefficient (Wildman–Crippen LogP) is 0.846. The molecule has 2 heterocycles. The number of nitrogens with zero attached hydrogens (tertiary/aromatic N) is 3. The molecular weight excluding hydrogens is 346 g/mol. The first-order chi connectivity index (χ1) is 13.0. The van der Waals surface area contributed by atoms with E-state index in [-0.39, 0.29) is 23.6 Å². The number of benzene rings is 1. The monoisotopic (exact) mass is 369 g/mol. The van der Waals surface area contributed by atoms with E-state index in [0.29, 0.717) is 37.3 Å². The number of nitrogens with two attached hydrogens (primary N) is 1. The minimum Gasteiger partial charge on any atom is -0.369 e. The highest BCUT2D eigenvalue weighted by atomic mass is 16.2. The summed E-state index contributed by atoms with van der Waals surface area (Å²) in [6.45, 7) is 2.77. The first-order valence-electron chi connectivity index (χ1n) is 8.91. The van der Waals surface area contributed by atoms with Crippen molar-refractivity contribution in [2.45, 2.75) is 26.3 Å². The number of carbonyl (C=O) groups is 3. The number of likely N-dealkylation sites (tertiary alicyclic amines) is 1. The average Bonchev–Trinajstić information content (AvgIpc) is 3.15. The first kappa shape index (κ1) is 18.6. The van der Waals surface area contributed by atoms with Crippen LogP contribution in [0.5, 0.6) is 0 Å². The van der Waals surface area contributed by atoms with Gasteiger partial charge in [-0.1, -0.05) is 12.1 Å². The molecule has 3 rings (SSSR count). The topological polar surface area (TPSA) is 110 Å². The van der Waals surface area contributed by atoms with Gasteiger partial charge in [0, 0.05) is 38.3 Å². The molecule has 3 amide bonds. The summed E-state index contributed by atoms with van der Waals surface area (Å²) in [7, 11) is 0. The summed E-state index contributed by atoms with van der Waals surface area (Å²) in [6.07, 6.45) is 4.91. The SMILES string of the molecule is CC(=O)NCc1cnn(-c2ccccc2C(=O)N2CCC[C@@H](C(N)=O)C2)c1. The largest absolute Gasteiger partial charge is 0.369 e. The van der Waals surface area contributed by atoms with Gasteiger partial charge in [-0.15, -0.1) is 0 Å². The summed E-state index contributed by atoms with van der Waals surface area (Å²) < 4.78 is 1.62. The van der Waals surface area contributed by atoms with Crippen LogP contribution in [0.25, 0.3) is 5.69 Å². The first-order valence-corrected chi connectivity index (χ1v) is 8.91. The van der Waals surface area contributed by atoms with Gasteiger partial charge in [0.2, 0.25) is 11.8 Å². The Bertz CT molecular complexity index is 861. The summed E-state index contributed by atoms with van der Waals surface area (Å²) in [4.78, 5) is 37.3. The van der Waals surface area contributed by atoms with E-state index in [9.17, 15) is 14.4 Å². The number of rotatable bonds is 5. The average molecular weight is 369 g/mol. The number of hydrogen-bond acceptors (Lipinski definition) is 4. The summed E-state index contributed by atoms with van der Waals surface area (Å²) >= 11 is 0. The second-order valence-corrected chi connectivity index (χ2v) is 6.71. The molecule has 1 saturated heterocycles. The van der Waals surface area contributed by atoms with Crippen LogP contribution in [0.15, 0.2) is 36.7 Å².